The summed E-state index contributed by atoms with van der Waals surface area (Å²) in [6, 6.07) is 4.96. The third kappa shape index (κ3) is 7.31. The molecule has 0 saturated heterocycles. The van der Waals surface area contributed by atoms with Crippen LogP contribution in [0.5, 0.6) is 0 Å². The van der Waals surface area contributed by atoms with Crippen LogP contribution in [-0.2, 0) is 6.18 Å². The van der Waals surface area contributed by atoms with Gasteiger partial charge in [-0.2, -0.15) is 26.3 Å². The second-order valence-electron chi connectivity index (χ2n) is 7.79. The van der Waals surface area contributed by atoms with E-state index in [-0.39, 0.29) is 27.2 Å². The Bertz CT molecular complexity index is 1420. The molecule has 0 aliphatic heterocycles. The lowest BCUT2D eigenvalue weighted by molar-refractivity contribution is -0.140. The maximum Gasteiger partial charge on any atom is 0.417 e. The van der Waals surface area contributed by atoms with Gasteiger partial charge in [0, 0.05) is 11.6 Å². The van der Waals surface area contributed by atoms with Gasteiger partial charge in [0.1, 0.15) is 17.6 Å². The summed E-state index contributed by atoms with van der Waals surface area (Å²) in [7, 11) is 0. The number of halogens is 12. The minimum atomic E-state index is -5.26. The topological polar surface area (TPSA) is 41.1 Å². The molecule has 208 valence electrons. The molecule has 3 aromatic rings. The van der Waals surface area contributed by atoms with Crippen molar-refractivity contribution >= 4 is 52.2 Å². The summed E-state index contributed by atoms with van der Waals surface area (Å²) in [6.07, 6.45) is -10.4. The first-order valence-corrected chi connectivity index (χ1v) is 11.4. The summed E-state index contributed by atoms with van der Waals surface area (Å²) in [5, 5.41) is -0.995. The highest BCUT2D eigenvalue weighted by molar-refractivity contribution is 6.48. The fourth-order valence-electron chi connectivity index (χ4n) is 3.28. The molecule has 0 fully saturated rings. The molecule has 3 rings (SSSR count). The van der Waals surface area contributed by atoms with Crippen LogP contribution in [0.3, 0.4) is 0 Å². The van der Waals surface area contributed by atoms with Crippen LogP contribution in [-0.4, -0.2) is 12.1 Å². The lowest BCUT2D eigenvalue weighted by Gasteiger charge is -2.19. The van der Waals surface area contributed by atoms with Gasteiger partial charge in [0.05, 0.1) is 31.9 Å². The Morgan fingerprint density at radius 3 is 2.03 bits per heavy atom. The Kier molecular flexibility index (Phi) is 9.03. The number of nitrogens with one attached hydrogen (secondary N) is 2. The van der Waals surface area contributed by atoms with Crippen LogP contribution in [0.4, 0.5) is 45.2 Å². The molecule has 0 spiro atoms. The number of amides is 1. The van der Waals surface area contributed by atoms with Crippen LogP contribution in [0.2, 0.25) is 15.1 Å². The van der Waals surface area contributed by atoms with Crippen LogP contribution in [0.1, 0.15) is 33.0 Å². The summed E-state index contributed by atoms with van der Waals surface area (Å²) >= 11 is 17.3. The van der Waals surface area contributed by atoms with E-state index in [0.717, 1.165) is 24.3 Å². The standard InChI is InChI=1S/C24H12Cl3F9N2O/c25-16-6-11(7-17(26)21(16)27)14(23(31,32)33)9-18(29)10-1-3-13(15(5-10)24(34,35)36)22(39)38-37-20-4-2-12(28)8-19(20)30/h1-9,14,37H,(H,38,39)/b18-9-. The Morgan fingerprint density at radius 1 is 0.872 bits per heavy atom. The van der Waals surface area contributed by atoms with Crippen LogP contribution >= 0.6 is 34.8 Å². The normalized spacial score (nSPS) is 13.3. The molecule has 0 aliphatic carbocycles. The van der Waals surface area contributed by atoms with E-state index >= 15 is 0 Å². The first kappa shape index (κ1) is 30.5. The molecular formula is C24H12Cl3F9N2O. The molecular weight excluding hydrogens is 610 g/mol. The van der Waals surface area contributed by atoms with Crippen molar-refractivity contribution in [2.45, 2.75) is 18.3 Å². The van der Waals surface area contributed by atoms with Gasteiger partial charge in [0.15, 0.2) is 5.82 Å². The maximum absolute atomic E-state index is 14.9. The van der Waals surface area contributed by atoms with Crippen molar-refractivity contribution < 1.29 is 44.3 Å². The van der Waals surface area contributed by atoms with Gasteiger partial charge in [-0.15, -0.1) is 0 Å². The number of anilines is 1. The lowest BCUT2D eigenvalue weighted by atomic mass is 9.95. The summed E-state index contributed by atoms with van der Waals surface area (Å²) in [4.78, 5) is 12.4. The molecule has 0 bridgehead atoms. The predicted molar refractivity (Wildman–Crippen MR) is 128 cm³/mol. The number of hydrogen-bond donors (Lipinski definition) is 2. The molecule has 39 heavy (non-hydrogen) atoms. The Labute approximate surface area is 229 Å². The van der Waals surface area contributed by atoms with E-state index in [1.54, 1.807) is 5.43 Å². The zero-order valence-corrected chi connectivity index (χ0v) is 21.0. The van der Waals surface area contributed by atoms with Gasteiger partial charge >= 0.3 is 12.4 Å². The highest BCUT2D eigenvalue weighted by atomic mass is 35.5. The Hall–Kier alpha value is -3.09. The van der Waals surface area contributed by atoms with Gasteiger partial charge in [-0.1, -0.05) is 40.9 Å². The Morgan fingerprint density at radius 2 is 1.49 bits per heavy atom. The van der Waals surface area contributed by atoms with Crippen molar-refractivity contribution in [3.05, 3.63) is 104 Å². The molecule has 0 aromatic heterocycles. The van der Waals surface area contributed by atoms with E-state index in [2.05, 4.69) is 0 Å². The highest BCUT2D eigenvalue weighted by Gasteiger charge is 2.41. The Balaban J connectivity index is 1.98. The maximum atomic E-state index is 14.9. The first-order valence-electron chi connectivity index (χ1n) is 10.3. The van der Waals surface area contributed by atoms with Crippen molar-refractivity contribution in [1.29, 1.82) is 0 Å². The minimum Gasteiger partial charge on any atom is -0.295 e. The largest absolute Gasteiger partial charge is 0.417 e. The molecule has 1 atom stereocenters. The van der Waals surface area contributed by atoms with Gasteiger partial charge < -0.3 is 0 Å². The first-order chi connectivity index (χ1) is 18.0. The van der Waals surface area contributed by atoms with Crippen molar-refractivity contribution in [1.82, 2.24) is 5.43 Å². The summed E-state index contributed by atoms with van der Waals surface area (Å²) in [5.41, 5.74) is -1.07. The molecule has 15 heteroatoms. The zero-order chi connectivity index (χ0) is 29.3. The molecule has 0 radical (unpaired) electrons. The van der Waals surface area contributed by atoms with E-state index < -0.39 is 69.6 Å². The highest BCUT2D eigenvalue weighted by Crippen LogP contribution is 2.42. The average molecular weight is 622 g/mol. The number of rotatable bonds is 6. The number of alkyl halides is 6. The molecule has 2 N–H and O–H groups in total. The van der Waals surface area contributed by atoms with E-state index in [1.807, 2.05) is 5.43 Å². The minimum absolute atomic E-state index is 0.0179. The molecule has 0 aliphatic rings. The monoisotopic (exact) mass is 620 g/mol. The summed E-state index contributed by atoms with van der Waals surface area (Å²) in [6.45, 7) is 0. The van der Waals surface area contributed by atoms with E-state index in [1.165, 1.54) is 0 Å². The van der Waals surface area contributed by atoms with Crippen molar-refractivity contribution in [2.75, 3.05) is 5.43 Å². The molecule has 3 aromatic carbocycles. The number of allylic oxidation sites excluding steroid dienone is 1. The van der Waals surface area contributed by atoms with Crippen molar-refractivity contribution in [3.8, 4) is 0 Å². The number of carbonyl (C=O) groups is 1. The molecule has 1 unspecified atom stereocenters. The lowest BCUT2D eigenvalue weighted by Crippen LogP contribution is -2.31. The van der Waals surface area contributed by atoms with Crippen molar-refractivity contribution in [2.24, 2.45) is 0 Å². The van der Waals surface area contributed by atoms with Gasteiger partial charge in [-0.25, -0.2) is 13.2 Å². The number of carbonyl (C=O) groups excluding carboxylic acids is 1. The number of benzene rings is 3. The van der Waals surface area contributed by atoms with Gasteiger partial charge in [-0.3, -0.25) is 15.6 Å². The average Bonchev–Trinajstić information content (AvgIpc) is 2.83. The summed E-state index contributed by atoms with van der Waals surface area (Å²) < 4.78 is 124. The third-order valence-electron chi connectivity index (χ3n) is 5.12. The summed E-state index contributed by atoms with van der Waals surface area (Å²) in [5.74, 6) is -7.97. The van der Waals surface area contributed by atoms with Crippen molar-refractivity contribution in [3.63, 3.8) is 0 Å². The zero-order valence-electron chi connectivity index (χ0n) is 18.7. The molecule has 0 heterocycles. The second-order valence-corrected chi connectivity index (χ2v) is 8.99. The van der Waals surface area contributed by atoms with Gasteiger partial charge in [0.2, 0.25) is 0 Å². The quantitative estimate of drug-likeness (QED) is 0.164. The molecule has 0 saturated carbocycles. The van der Waals surface area contributed by atoms with Crippen LogP contribution < -0.4 is 10.9 Å². The van der Waals surface area contributed by atoms with E-state index in [0.29, 0.717) is 18.2 Å². The number of hydrazine groups is 1. The predicted octanol–water partition coefficient (Wildman–Crippen LogP) is 9.36. The second kappa shape index (κ2) is 11.6. The fraction of sp³-hybridized carbons (Fsp3) is 0.125. The van der Waals surface area contributed by atoms with E-state index in [9.17, 15) is 44.3 Å². The third-order valence-corrected chi connectivity index (χ3v) is 6.31. The van der Waals surface area contributed by atoms with Gasteiger partial charge in [-0.05, 0) is 48.0 Å². The van der Waals surface area contributed by atoms with Crippen LogP contribution in [0, 0.1) is 11.6 Å². The van der Waals surface area contributed by atoms with Gasteiger partial charge in [0.25, 0.3) is 5.91 Å². The van der Waals surface area contributed by atoms with E-state index in [4.69, 9.17) is 34.8 Å². The number of hydrogen-bond acceptors (Lipinski definition) is 2. The smallest absolute Gasteiger partial charge is 0.295 e. The molecule has 1 amide bonds. The van der Waals surface area contributed by atoms with Crippen LogP contribution in [0.15, 0.2) is 54.6 Å². The molecule has 3 nitrogen and oxygen atoms in total. The van der Waals surface area contributed by atoms with Crippen LogP contribution in [0.25, 0.3) is 5.83 Å². The SMILES string of the molecule is O=C(NNc1ccc(F)cc1F)c1ccc(/C(F)=C/C(c2cc(Cl)c(Cl)c(Cl)c2)C(F)(F)F)cc1C(F)(F)F. The fourth-order valence-corrected chi connectivity index (χ4v) is 3.90.